The van der Waals surface area contributed by atoms with Crippen LogP contribution in [-0.4, -0.2) is 38.8 Å². The summed E-state index contributed by atoms with van der Waals surface area (Å²) in [4.78, 5) is 13.8. The van der Waals surface area contributed by atoms with Gasteiger partial charge in [-0.05, 0) is 38.1 Å². The molecular formula is C17H23N3O2. The normalized spacial score (nSPS) is 11.0. The van der Waals surface area contributed by atoms with Gasteiger partial charge in [-0.1, -0.05) is 32.0 Å². The molecule has 1 heterocycles. The molecule has 0 fully saturated rings. The molecule has 0 aliphatic heterocycles. The summed E-state index contributed by atoms with van der Waals surface area (Å²) in [5.41, 5.74) is 1.90. The van der Waals surface area contributed by atoms with Crippen molar-refractivity contribution in [2.75, 3.05) is 13.1 Å². The number of nitrogens with zero attached hydrogens (tertiary/aromatic N) is 3. The molecule has 0 aliphatic rings. The smallest absolute Gasteiger partial charge is 0.339 e. The van der Waals surface area contributed by atoms with Crippen molar-refractivity contribution in [3.05, 3.63) is 47.8 Å². The molecule has 0 saturated carbocycles. The van der Waals surface area contributed by atoms with E-state index in [9.17, 15) is 9.90 Å². The van der Waals surface area contributed by atoms with E-state index in [-0.39, 0.29) is 5.56 Å². The molecule has 2 rings (SSSR count). The van der Waals surface area contributed by atoms with Crippen molar-refractivity contribution >= 4 is 5.97 Å². The number of carboxylic acids is 1. The van der Waals surface area contributed by atoms with Gasteiger partial charge in [0.05, 0.1) is 17.6 Å². The molecular weight excluding hydrogens is 278 g/mol. The van der Waals surface area contributed by atoms with E-state index in [1.165, 1.54) is 6.20 Å². The van der Waals surface area contributed by atoms with Crippen molar-refractivity contribution in [2.24, 2.45) is 0 Å². The van der Waals surface area contributed by atoms with Crippen LogP contribution in [0.4, 0.5) is 0 Å². The second kappa shape index (κ2) is 7.75. The number of hydrogen-bond donors (Lipinski definition) is 1. The van der Waals surface area contributed by atoms with Gasteiger partial charge in [0.15, 0.2) is 0 Å². The van der Waals surface area contributed by atoms with Crippen molar-refractivity contribution in [2.45, 2.75) is 33.2 Å². The maximum atomic E-state index is 11.5. The molecule has 0 aliphatic carbocycles. The first kappa shape index (κ1) is 16.2. The monoisotopic (exact) mass is 301 g/mol. The first-order chi connectivity index (χ1) is 10.7. The fourth-order valence-corrected chi connectivity index (χ4v) is 2.61. The Bertz CT molecular complexity index is 602. The van der Waals surface area contributed by atoms with Crippen LogP contribution >= 0.6 is 0 Å². The highest BCUT2D eigenvalue weighted by atomic mass is 16.4. The Labute approximate surface area is 131 Å². The van der Waals surface area contributed by atoms with Crippen molar-refractivity contribution in [1.29, 1.82) is 0 Å². The summed E-state index contributed by atoms with van der Waals surface area (Å²) in [5.74, 6) is -0.926. The van der Waals surface area contributed by atoms with E-state index in [1.807, 2.05) is 30.3 Å². The Morgan fingerprint density at radius 3 is 2.36 bits per heavy atom. The largest absolute Gasteiger partial charge is 0.478 e. The third-order valence-corrected chi connectivity index (χ3v) is 3.55. The van der Waals surface area contributed by atoms with Crippen LogP contribution in [-0.2, 0) is 6.54 Å². The molecule has 1 aromatic carbocycles. The molecule has 1 aromatic heterocycles. The van der Waals surface area contributed by atoms with Gasteiger partial charge >= 0.3 is 5.97 Å². The standard InChI is InChI=1S/C17H23N3O2/c1-3-10-19(11-4-2)13-16-15(17(21)22)12-18-20(16)14-8-6-5-7-9-14/h5-9,12H,3-4,10-11,13H2,1-2H3,(H,21,22). The number of carbonyl (C=O) groups is 1. The number of hydrogen-bond acceptors (Lipinski definition) is 3. The second-order valence-corrected chi connectivity index (χ2v) is 5.33. The molecule has 0 spiro atoms. The van der Waals surface area contributed by atoms with Gasteiger partial charge in [0.25, 0.3) is 0 Å². The molecule has 1 N–H and O–H groups in total. The van der Waals surface area contributed by atoms with E-state index in [0.29, 0.717) is 6.54 Å². The molecule has 5 nitrogen and oxygen atoms in total. The van der Waals surface area contributed by atoms with Crippen LogP contribution in [0.1, 0.15) is 42.7 Å². The minimum atomic E-state index is -0.926. The number of rotatable bonds is 8. The van der Waals surface area contributed by atoms with Crippen LogP contribution in [0.25, 0.3) is 5.69 Å². The summed E-state index contributed by atoms with van der Waals surface area (Å²) in [6, 6.07) is 9.66. The van der Waals surface area contributed by atoms with E-state index in [4.69, 9.17) is 0 Å². The zero-order valence-electron chi connectivity index (χ0n) is 13.2. The van der Waals surface area contributed by atoms with Crippen LogP contribution in [0.5, 0.6) is 0 Å². The zero-order valence-corrected chi connectivity index (χ0v) is 13.2. The highest BCUT2D eigenvalue weighted by Crippen LogP contribution is 2.17. The minimum Gasteiger partial charge on any atom is -0.478 e. The van der Waals surface area contributed by atoms with Crippen LogP contribution < -0.4 is 0 Å². The summed E-state index contributed by atoms with van der Waals surface area (Å²) >= 11 is 0. The molecule has 0 saturated heterocycles. The predicted octanol–water partition coefficient (Wildman–Crippen LogP) is 3.19. The van der Waals surface area contributed by atoms with E-state index in [0.717, 1.165) is 37.3 Å². The van der Waals surface area contributed by atoms with Gasteiger partial charge in [-0.2, -0.15) is 5.10 Å². The Hall–Kier alpha value is -2.14. The van der Waals surface area contributed by atoms with Gasteiger partial charge in [-0.3, -0.25) is 4.90 Å². The zero-order chi connectivity index (χ0) is 15.9. The average Bonchev–Trinajstić information content (AvgIpc) is 2.92. The van der Waals surface area contributed by atoms with Crippen molar-refractivity contribution in [1.82, 2.24) is 14.7 Å². The lowest BCUT2D eigenvalue weighted by Crippen LogP contribution is -2.27. The molecule has 0 amide bonds. The molecule has 0 bridgehead atoms. The molecule has 0 unspecified atom stereocenters. The van der Waals surface area contributed by atoms with Crippen LogP contribution in [0.3, 0.4) is 0 Å². The van der Waals surface area contributed by atoms with Crippen molar-refractivity contribution in [3.63, 3.8) is 0 Å². The summed E-state index contributed by atoms with van der Waals surface area (Å²) in [7, 11) is 0. The number of carboxylic acid groups (broad SMARTS) is 1. The maximum Gasteiger partial charge on any atom is 0.339 e. The van der Waals surface area contributed by atoms with E-state index in [1.54, 1.807) is 4.68 Å². The number of aromatic nitrogens is 2. The lowest BCUT2D eigenvalue weighted by atomic mass is 10.2. The summed E-state index contributed by atoms with van der Waals surface area (Å²) in [6.07, 6.45) is 3.53. The van der Waals surface area contributed by atoms with Gasteiger partial charge < -0.3 is 5.11 Å². The van der Waals surface area contributed by atoms with Gasteiger partial charge in [0, 0.05) is 6.54 Å². The number of benzene rings is 1. The Kier molecular flexibility index (Phi) is 5.72. The van der Waals surface area contributed by atoms with Gasteiger partial charge in [0.1, 0.15) is 5.56 Å². The Morgan fingerprint density at radius 2 is 1.82 bits per heavy atom. The van der Waals surface area contributed by atoms with Gasteiger partial charge in [-0.25, -0.2) is 9.48 Å². The lowest BCUT2D eigenvalue weighted by Gasteiger charge is -2.22. The maximum absolute atomic E-state index is 11.5. The first-order valence-corrected chi connectivity index (χ1v) is 7.75. The molecule has 2 aromatic rings. The Balaban J connectivity index is 2.38. The summed E-state index contributed by atoms with van der Waals surface area (Å²) in [6.45, 7) is 6.77. The quantitative estimate of drug-likeness (QED) is 0.813. The Morgan fingerprint density at radius 1 is 1.18 bits per heavy atom. The lowest BCUT2D eigenvalue weighted by molar-refractivity contribution is 0.0694. The topological polar surface area (TPSA) is 58.4 Å². The number of aromatic carboxylic acids is 1. The van der Waals surface area contributed by atoms with E-state index in [2.05, 4.69) is 23.8 Å². The molecule has 0 atom stereocenters. The average molecular weight is 301 g/mol. The fraction of sp³-hybridized carbons (Fsp3) is 0.412. The van der Waals surface area contributed by atoms with Crippen LogP contribution in [0, 0.1) is 0 Å². The summed E-state index contributed by atoms with van der Waals surface area (Å²) in [5, 5.41) is 13.7. The third kappa shape index (κ3) is 3.74. The molecule has 22 heavy (non-hydrogen) atoms. The van der Waals surface area contributed by atoms with Gasteiger partial charge in [-0.15, -0.1) is 0 Å². The molecule has 0 radical (unpaired) electrons. The van der Waals surface area contributed by atoms with Crippen molar-refractivity contribution in [3.8, 4) is 5.69 Å². The van der Waals surface area contributed by atoms with Crippen LogP contribution in [0.2, 0.25) is 0 Å². The molecule has 5 heteroatoms. The predicted molar refractivity (Wildman–Crippen MR) is 86.4 cm³/mol. The second-order valence-electron chi connectivity index (χ2n) is 5.33. The van der Waals surface area contributed by atoms with E-state index < -0.39 is 5.97 Å². The van der Waals surface area contributed by atoms with Crippen molar-refractivity contribution < 1.29 is 9.90 Å². The highest BCUT2D eigenvalue weighted by molar-refractivity contribution is 5.88. The van der Waals surface area contributed by atoms with E-state index >= 15 is 0 Å². The molecule has 118 valence electrons. The van der Waals surface area contributed by atoms with Crippen LogP contribution in [0.15, 0.2) is 36.5 Å². The fourth-order valence-electron chi connectivity index (χ4n) is 2.61. The minimum absolute atomic E-state index is 0.279. The highest BCUT2D eigenvalue weighted by Gasteiger charge is 2.19. The SMILES string of the molecule is CCCN(CCC)Cc1c(C(=O)O)cnn1-c1ccccc1. The summed E-state index contributed by atoms with van der Waals surface area (Å²) < 4.78 is 1.74. The third-order valence-electron chi connectivity index (χ3n) is 3.55. The first-order valence-electron chi connectivity index (χ1n) is 7.75. The number of para-hydroxylation sites is 1. The van der Waals surface area contributed by atoms with Gasteiger partial charge in [0.2, 0.25) is 0 Å².